The molecule has 1 aliphatic rings. The molecule has 1 N–H and O–H groups in total. The number of ether oxygens (including phenoxy) is 2. The summed E-state index contributed by atoms with van der Waals surface area (Å²) in [5.41, 5.74) is 1.20. The van der Waals surface area contributed by atoms with Crippen LogP contribution in [0.1, 0.15) is 25.0 Å². The molecular weight excluding hydrogens is 246 g/mol. The smallest absolute Gasteiger partial charge is 0.323 e. The fraction of sp³-hybridized carbons (Fsp3) is 0.500. The van der Waals surface area contributed by atoms with Crippen LogP contribution in [-0.4, -0.2) is 35.4 Å². The average molecular weight is 265 g/mol. The molecule has 1 aromatic rings. The Labute approximate surface area is 112 Å². The number of hydrogen-bond donors (Lipinski definition) is 1. The number of rotatable bonds is 4. The lowest BCUT2D eigenvalue weighted by Crippen LogP contribution is -2.47. The largest absolute Gasteiger partial charge is 0.480 e. The molecule has 0 aliphatic carbocycles. The van der Waals surface area contributed by atoms with Gasteiger partial charge in [0.2, 0.25) is 6.79 Å². The van der Waals surface area contributed by atoms with Crippen molar-refractivity contribution in [2.75, 3.05) is 13.8 Å². The molecule has 5 heteroatoms. The molecule has 0 spiro atoms. The van der Waals surface area contributed by atoms with Crippen molar-refractivity contribution >= 4 is 5.97 Å². The molecule has 0 bridgehead atoms. The van der Waals surface area contributed by atoms with Crippen LogP contribution in [0.2, 0.25) is 0 Å². The molecular formula is C14H19NO4. The van der Waals surface area contributed by atoms with Gasteiger partial charge in [-0.1, -0.05) is 0 Å². The fourth-order valence-electron chi connectivity index (χ4n) is 1.87. The van der Waals surface area contributed by atoms with Crippen molar-refractivity contribution in [1.29, 1.82) is 0 Å². The van der Waals surface area contributed by atoms with E-state index in [4.69, 9.17) is 9.47 Å². The van der Waals surface area contributed by atoms with Crippen molar-refractivity contribution in [1.82, 2.24) is 4.90 Å². The second-order valence-corrected chi connectivity index (χ2v) is 5.35. The quantitative estimate of drug-likeness (QED) is 0.902. The normalized spacial score (nSPS) is 13.9. The predicted octanol–water partition coefficient (Wildman–Crippen LogP) is 2.02. The van der Waals surface area contributed by atoms with Gasteiger partial charge >= 0.3 is 5.97 Å². The molecule has 0 saturated heterocycles. The number of hydrogen-bond acceptors (Lipinski definition) is 4. The van der Waals surface area contributed by atoms with E-state index in [1.807, 2.05) is 19.1 Å². The number of fused-ring (bicyclic) bond motifs is 1. The second-order valence-electron chi connectivity index (χ2n) is 5.35. The summed E-state index contributed by atoms with van der Waals surface area (Å²) in [5, 5.41) is 9.23. The topological polar surface area (TPSA) is 59.0 Å². The highest BCUT2D eigenvalue weighted by Crippen LogP contribution is 2.35. The van der Waals surface area contributed by atoms with Crippen LogP contribution in [0.4, 0.5) is 0 Å². The number of carboxylic acid groups (broad SMARTS) is 1. The molecule has 0 unspecified atom stereocenters. The summed E-state index contributed by atoms with van der Waals surface area (Å²) in [6, 6.07) is 3.85. The number of likely N-dealkylation sites (N-methyl/N-ethyl adjacent to an activating group) is 1. The molecule has 1 heterocycles. The molecule has 0 saturated carbocycles. The van der Waals surface area contributed by atoms with Gasteiger partial charge in [0.15, 0.2) is 11.5 Å². The Morgan fingerprint density at radius 3 is 2.53 bits per heavy atom. The van der Waals surface area contributed by atoms with Gasteiger partial charge in [0.1, 0.15) is 5.54 Å². The maximum Gasteiger partial charge on any atom is 0.323 e. The van der Waals surface area contributed by atoms with Crippen LogP contribution in [0.3, 0.4) is 0 Å². The lowest BCUT2D eigenvalue weighted by atomic mass is 10.0. The highest BCUT2D eigenvalue weighted by atomic mass is 16.7. The molecule has 0 atom stereocenters. The van der Waals surface area contributed by atoms with E-state index < -0.39 is 11.5 Å². The number of aryl methyl sites for hydroxylation is 1. The summed E-state index contributed by atoms with van der Waals surface area (Å²) in [5.74, 6) is 0.636. The maximum atomic E-state index is 11.2. The Kier molecular flexibility index (Phi) is 3.41. The van der Waals surface area contributed by atoms with Gasteiger partial charge in [-0.25, -0.2) is 0 Å². The van der Waals surface area contributed by atoms with Crippen molar-refractivity contribution in [3.8, 4) is 11.5 Å². The van der Waals surface area contributed by atoms with E-state index in [-0.39, 0.29) is 6.79 Å². The van der Waals surface area contributed by atoms with E-state index in [1.54, 1.807) is 25.8 Å². The Bertz CT molecular complexity index is 510. The van der Waals surface area contributed by atoms with Gasteiger partial charge in [-0.2, -0.15) is 0 Å². The van der Waals surface area contributed by atoms with Crippen molar-refractivity contribution in [3.05, 3.63) is 23.3 Å². The minimum Gasteiger partial charge on any atom is -0.480 e. The predicted molar refractivity (Wildman–Crippen MR) is 70.5 cm³/mol. The van der Waals surface area contributed by atoms with Crippen LogP contribution in [0.25, 0.3) is 0 Å². The lowest BCUT2D eigenvalue weighted by molar-refractivity contribution is -0.148. The van der Waals surface area contributed by atoms with Crippen molar-refractivity contribution in [2.24, 2.45) is 0 Å². The highest BCUT2D eigenvalue weighted by molar-refractivity contribution is 5.77. The van der Waals surface area contributed by atoms with Crippen LogP contribution in [0, 0.1) is 6.92 Å². The number of benzene rings is 1. The number of carbonyl (C=O) groups is 1. The first-order chi connectivity index (χ1) is 8.82. The van der Waals surface area contributed by atoms with Gasteiger partial charge in [0.25, 0.3) is 0 Å². The van der Waals surface area contributed by atoms with Crippen molar-refractivity contribution < 1.29 is 19.4 Å². The summed E-state index contributed by atoms with van der Waals surface area (Å²) in [6.07, 6.45) is 0. The van der Waals surface area contributed by atoms with E-state index in [0.717, 1.165) is 22.6 Å². The SMILES string of the molecule is Cc1cc2c(cc1CN(C)C(C)(C)C(=O)O)OCO2. The van der Waals surface area contributed by atoms with Gasteiger partial charge in [-0.15, -0.1) is 0 Å². The zero-order chi connectivity index (χ0) is 14.2. The van der Waals surface area contributed by atoms with Gasteiger partial charge in [0.05, 0.1) is 0 Å². The summed E-state index contributed by atoms with van der Waals surface area (Å²) in [4.78, 5) is 13.0. The van der Waals surface area contributed by atoms with E-state index in [0.29, 0.717) is 6.54 Å². The van der Waals surface area contributed by atoms with Gasteiger partial charge in [-0.3, -0.25) is 9.69 Å². The molecule has 1 aromatic carbocycles. The van der Waals surface area contributed by atoms with Crippen LogP contribution in [-0.2, 0) is 11.3 Å². The zero-order valence-electron chi connectivity index (χ0n) is 11.7. The molecule has 19 heavy (non-hydrogen) atoms. The molecule has 104 valence electrons. The zero-order valence-corrected chi connectivity index (χ0v) is 11.7. The minimum absolute atomic E-state index is 0.245. The molecule has 0 fully saturated rings. The average Bonchev–Trinajstić information content (AvgIpc) is 2.76. The van der Waals surface area contributed by atoms with E-state index in [1.165, 1.54) is 0 Å². The Morgan fingerprint density at radius 1 is 1.37 bits per heavy atom. The van der Waals surface area contributed by atoms with E-state index in [2.05, 4.69) is 0 Å². The summed E-state index contributed by atoms with van der Waals surface area (Å²) in [7, 11) is 1.80. The second kappa shape index (κ2) is 4.74. The molecule has 0 radical (unpaired) electrons. The standard InChI is InChI=1S/C14H19NO4/c1-9-5-11-12(19-8-18-11)6-10(9)7-15(4)14(2,3)13(16)17/h5-6H,7-8H2,1-4H3,(H,16,17). The number of carboxylic acids is 1. The van der Waals surface area contributed by atoms with Gasteiger partial charge in [-0.05, 0) is 51.1 Å². The lowest BCUT2D eigenvalue weighted by Gasteiger charge is -2.31. The van der Waals surface area contributed by atoms with Crippen LogP contribution in [0.5, 0.6) is 11.5 Å². The molecule has 2 rings (SSSR count). The summed E-state index contributed by atoms with van der Waals surface area (Å²) >= 11 is 0. The fourth-order valence-corrected chi connectivity index (χ4v) is 1.87. The summed E-state index contributed by atoms with van der Waals surface area (Å²) < 4.78 is 10.7. The third-order valence-electron chi connectivity index (χ3n) is 3.72. The molecule has 0 amide bonds. The van der Waals surface area contributed by atoms with Gasteiger partial charge in [0, 0.05) is 6.54 Å². The molecule has 1 aliphatic heterocycles. The van der Waals surface area contributed by atoms with Crippen LogP contribution >= 0.6 is 0 Å². The highest BCUT2D eigenvalue weighted by Gasteiger charge is 2.32. The van der Waals surface area contributed by atoms with E-state index in [9.17, 15) is 9.90 Å². The molecule has 5 nitrogen and oxygen atoms in total. The number of nitrogens with zero attached hydrogens (tertiary/aromatic N) is 1. The Balaban J connectivity index is 2.22. The first kappa shape index (κ1) is 13.7. The third-order valence-corrected chi connectivity index (χ3v) is 3.72. The first-order valence-corrected chi connectivity index (χ1v) is 6.16. The molecule has 0 aromatic heterocycles. The van der Waals surface area contributed by atoms with Crippen molar-refractivity contribution in [3.63, 3.8) is 0 Å². The van der Waals surface area contributed by atoms with Crippen molar-refractivity contribution in [2.45, 2.75) is 32.9 Å². The summed E-state index contributed by atoms with van der Waals surface area (Å²) in [6.45, 7) is 6.16. The van der Waals surface area contributed by atoms with Gasteiger partial charge < -0.3 is 14.6 Å². The third kappa shape index (κ3) is 2.51. The minimum atomic E-state index is -0.914. The van der Waals surface area contributed by atoms with E-state index >= 15 is 0 Å². The number of aliphatic carboxylic acids is 1. The van der Waals surface area contributed by atoms with Crippen LogP contribution in [0.15, 0.2) is 12.1 Å². The van der Waals surface area contributed by atoms with Crippen LogP contribution < -0.4 is 9.47 Å². The monoisotopic (exact) mass is 265 g/mol. The Hall–Kier alpha value is -1.75. The Morgan fingerprint density at radius 2 is 1.95 bits per heavy atom. The first-order valence-electron chi connectivity index (χ1n) is 6.16. The maximum absolute atomic E-state index is 11.2.